The molecule has 0 aliphatic heterocycles. The Labute approximate surface area is 108 Å². The van der Waals surface area contributed by atoms with Gasteiger partial charge in [0.15, 0.2) is 0 Å². The summed E-state index contributed by atoms with van der Waals surface area (Å²) in [6.45, 7) is 3.35. The van der Waals surface area contributed by atoms with Crippen molar-refractivity contribution in [2.45, 2.75) is 13.3 Å². The third kappa shape index (κ3) is 2.90. The quantitative estimate of drug-likeness (QED) is 0.872. The largest absolute Gasteiger partial charge is 0.493 e. The average molecular weight is 241 g/mol. The van der Waals surface area contributed by atoms with Gasteiger partial charge >= 0.3 is 0 Å². The highest BCUT2D eigenvalue weighted by Gasteiger charge is 2.07. The van der Waals surface area contributed by atoms with Crippen LogP contribution in [0.25, 0.3) is 11.1 Å². The van der Waals surface area contributed by atoms with E-state index in [1.807, 2.05) is 31.2 Å². The zero-order chi connectivity index (χ0) is 12.8. The van der Waals surface area contributed by atoms with Crippen LogP contribution in [-0.2, 0) is 6.42 Å². The van der Waals surface area contributed by atoms with Gasteiger partial charge in [0.1, 0.15) is 5.75 Å². The molecule has 0 atom stereocenters. The highest BCUT2D eigenvalue weighted by Crippen LogP contribution is 2.31. The van der Waals surface area contributed by atoms with Crippen LogP contribution in [0.2, 0.25) is 0 Å². The zero-order valence-corrected chi connectivity index (χ0v) is 10.7. The van der Waals surface area contributed by atoms with E-state index in [0.717, 1.165) is 17.7 Å². The lowest BCUT2D eigenvalue weighted by Crippen LogP contribution is -2.03. The lowest BCUT2D eigenvalue weighted by Gasteiger charge is -2.12. The van der Waals surface area contributed by atoms with Crippen LogP contribution < -0.4 is 10.5 Å². The summed E-state index contributed by atoms with van der Waals surface area (Å²) in [7, 11) is 0. The Morgan fingerprint density at radius 2 is 1.83 bits per heavy atom. The third-order valence-electron chi connectivity index (χ3n) is 2.86. The summed E-state index contributed by atoms with van der Waals surface area (Å²) in [4.78, 5) is 0. The minimum absolute atomic E-state index is 0.669. The van der Waals surface area contributed by atoms with Crippen LogP contribution in [-0.4, -0.2) is 13.2 Å². The van der Waals surface area contributed by atoms with Crippen molar-refractivity contribution < 1.29 is 4.74 Å². The van der Waals surface area contributed by atoms with Crippen LogP contribution in [0.3, 0.4) is 0 Å². The fourth-order valence-electron chi connectivity index (χ4n) is 2.02. The van der Waals surface area contributed by atoms with Gasteiger partial charge in [-0.1, -0.05) is 36.4 Å². The Morgan fingerprint density at radius 3 is 2.50 bits per heavy atom. The van der Waals surface area contributed by atoms with E-state index in [9.17, 15) is 0 Å². The molecule has 0 saturated heterocycles. The predicted octanol–water partition coefficient (Wildman–Crippen LogP) is 3.25. The monoisotopic (exact) mass is 241 g/mol. The van der Waals surface area contributed by atoms with Crippen molar-refractivity contribution in [1.29, 1.82) is 0 Å². The number of rotatable bonds is 5. The summed E-state index contributed by atoms with van der Waals surface area (Å²) >= 11 is 0. The van der Waals surface area contributed by atoms with E-state index >= 15 is 0 Å². The van der Waals surface area contributed by atoms with Crippen molar-refractivity contribution >= 4 is 0 Å². The maximum absolute atomic E-state index is 5.69. The summed E-state index contributed by atoms with van der Waals surface area (Å²) in [5.74, 6) is 0.935. The van der Waals surface area contributed by atoms with E-state index in [0.29, 0.717) is 13.2 Å². The van der Waals surface area contributed by atoms with Crippen molar-refractivity contribution in [2.75, 3.05) is 13.2 Å². The Hall–Kier alpha value is -1.80. The summed E-state index contributed by atoms with van der Waals surface area (Å²) < 4.78 is 5.69. The second kappa shape index (κ2) is 6.22. The van der Waals surface area contributed by atoms with Gasteiger partial charge in [0.05, 0.1) is 6.61 Å². The first-order valence-corrected chi connectivity index (χ1v) is 6.36. The molecule has 0 unspecified atom stereocenters. The molecule has 0 amide bonds. The van der Waals surface area contributed by atoms with Gasteiger partial charge in [0, 0.05) is 5.56 Å². The molecular weight excluding hydrogens is 222 g/mol. The van der Waals surface area contributed by atoms with E-state index in [2.05, 4.69) is 24.3 Å². The molecule has 2 N–H and O–H groups in total. The molecule has 2 aromatic rings. The smallest absolute Gasteiger partial charge is 0.127 e. The molecule has 0 aromatic heterocycles. The highest BCUT2D eigenvalue weighted by atomic mass is 16.5. The normalized spacial score (nSPS) is 10.3. The molecule has 2 nitrogen and oxygen atoms in total. The minimum Gasteiger partial charge on any atom is -0.493 e. The fourth-order valence-corrected chi connectivity index (χ4v) is 2.02. The molecule has 18 heavy (non-hydrogen) atoms. The van der Waals surface area contributed by atoms with E-state index in [-0.39, 0.29) is 0 Å². The molecule has 0 fully saturated rings. The van der Waals surface area contributed by atoms with Crippen LogP contribution in [0.15, 0.2) is 48.5 Å². The Kier molecular flexibility index (Phi) is 4.37. The molecule has 2 rings (SSSR count). The van der Waals surface area contributed by atoms with Gasteiger partial charge in [-0.15, -0.1) is 0 Å². The number of hydrogen-bond acceptors (Lipinski definition) is 2. The van der Waals surface area contributed by atoms with Crippen LogP contribution in [0, 0.1) is 0 Å². The molecule has 0 saturated carbocycles. The van der Waals surface area contributed by atoms with Gasteiger partial charge in [-0.2, -0.15) is 0 Å². The van der Waals surface area contributed by atoms with E-state index in [1.165, 1.54) is 11.1 Å². The topological polar surface area (TPSA) is 35.2 Å². The van der Waals surface area contributed by atoms with E-state index < -0.39 is 0 Å². The lowest BCUT2D eigenvalue weighted by atomic mass is 10.0. The second-order valence-electron chi connectivity index (χ2n) is 4.17. The van der Waals surface area contributed by atoms with Crippen molar-refractivity contribution in [3.63, 3.8) is 0 Å². The van der Waals surface area contributed by atoms with Crippen LogP contribution in [0.5, 0.6) is 5.75 Å². The van der Waals surface area contributed by atoms with Crippen molar-refractivity contribution in [1.82, 2.24) is 0 Å². The van der Waals surface area contributed by atoms with Gasteiger partial charge < -0.3 is 10.5 Å². The fraction of sp³-hybridized carbons (Fsp3) is 0.250. The van der Waals surface area contributed by atoms with Gasteiger partial charge in [0.2, 0.25) is 0 Å². The van der Waals surface area contributed by atoms with Crippen LogP contribution in [0.4, 0.5) is 0 Å². The second-order valence-corrected chi connectivity index (χ2v) is 4.17. The van der Waals surface area contributed by atoms with Gasteiger partial charge in [-0.05, 0) is 43.1 Å². The van der Waals surface area contributed by atoms with Crippen molar-refractivity contribution in [3.8, 4) is 16.9 Å². The molecule has 94 valence electrons. The molecular formula is C16H19NO. The first-order chi connectivity index (χ1) is 8.85. The molecule has 0 radical (unpaired) electrons. The molecule has 0 heterocycles. The van der Waals surface area contributed by atoms with Gasteiger partial charge in [-0.25, -0.2) is 0 Å². The van der Waals surface area contributed by atoms with E-state index in [4.69, 9.17) is 10.5 Å². The number of benzene rings is 2. The molecule has 0 bridgehead atoms. The van der Waals surface area contributed by atoms with Crippen LogP contribution >= 0.6 is 0 Å². The van der Waals surface area contributed by atoms with Crippen molar-refractivity contribution in [3.05, 3.63) is 54.1 Å². The van der Waals surface area contributed by atoms with Crippen molar-refractivity contribution in [2.24, 2.45) is 5.73 Å². The van der Waals surface area contributed by atoms with Gasteiger partial charge in [0.25, 0.3) is 0 Å². The number of hydrogen-bond donors (Lipinski definition) is 1. The SMILES string of the molecule is CCOc1ccc(CCN)cc1-c1ccccc1. The van der Waals surface area contributed by atoms with Gasteiger partial charge in [-0.3, -0.25) is 0 Å². The summed E-state index contributed by atoms with van der Waals surface area (Å²) in [6.07, 6.45) is 0.895. The first-order valence-electron chi connectivity index (χ1n) is 6.36. The van der Waals surface area contributed by atoms with Crippen LogP contribution in [0.1, 0.15) is 12.5 Å². The molecule has 2 heteroatoms. The Morgan fingerprint density at radius 1 is 1.06 bits per heavy atom. The average Bonchev–Trinajstić information content (AvgIpc) is 2.42. The third-order valence-corrected chi connectivity index (χ3v) is 2.86. The zero-order valence-electron chi connectivity index (χ0n) is 10.7. The molecule has 0 spiro atoms. The standard InChI is InChI=1S/C16H19NO/c1-2-18-16-9-8-13(10-11-17)12-15(16)14-6-4-3-5-7-14/h3-9,12H,2,10-11,17H2,1H3. The summed E-state index contributed by atoms with van der Waals surface area (Å²) in [5, 5.41) is 0. The Balaban J connectivity index is 2.43. The maximum Gasteiger partial charge on any atom is 0.127 e. The summed E-state index contributed by atoms with van der Waals surface area (Å²) in [5.41, 5.74) is 9.19. The molecule has 0 aliphatic rings. The molecule has 2 aromatic carbocycles. The lowest BCUT2D eigenvalue weighted by molar-refractivity contribution is 0.341. The number of ether oxygens (including phenoxy) is 1. The maximum atomic E-state index is 5.69. The van der Waals surface area contributed by atoms with E-state index in [1.54, 1.807) is 0 Å². The number of nitrogens with two attached hydrogens (primary N) is 1. The Bertz CT molecular complexity index is 494. The highest BCUT2D eigenvalue weighted by molar-refractivity contribution is 5.71. The summed E-state index contributed by atoms with van der Waals surface area (Å²) in [6, 6.07) is 16.6. The molecule has 0 aliphatic carbocycles. The predicted molar refractivity (Wildman–Crippen MR) is 75.8 cm³/mol. The first kappa shape index (κ1) is 12.7. The minimum atomic E-state index is 0.669.